The normalized spacial score (nSPS) is 10.9. The molecule has 1 aromatic heterocycles. The second-order valence-electron chi connectivity index (χ2n) is 4.74. The number of benzene rings is 2. The molecule has 2 aromatic carbocycles. The highest BCUT2D eigenvalue weighted by molar-refractivity contribution is 7.99. The minimum Gasteiger partial charge on any atom is -0.323 e. The van der Waals surface area contributed by atoms with E-state index >= 15 is 0 Å². The lowest BCUT2D eigenvalue weighted by Crippen LogP contribution is -2.15. The number of aromatic nitrogens is 1. The Bertz CT molecular complexity index is 818. The second-order valence-corrected chi connectivity index (χ2v) is 6.84. The molecule has 0 radical (unpaired) electrons. The molecule has 7 heteroatoms. The first-order valence-corrected chi connectivity index (χ1v) is 8.76. The molecule has 0 saturated heterocycles. The number of fused-ring (bicyclic) bond motifs is 1. The molecule has 1 amide bonds. The minimum absolute atomic E-state index is 0.0167. The molecule has 0 bridgehead atoms. The Hall–Kier alpha value is -1.99. The van der Waals surface area contributed by atoms with E-state index in [2.05, 4.69) is 10.3 Å². The van der Waals surface area contributed by atoms with E-state index in [0.29, 0.717) is 5.75 Å². The van der Waals surface area contributed by atoms with Gasteiger partial charge in [0.1, 0.15) is 16.6 Å². The van der Waals surface area contributed by atoms with Crippen molar-refractivity contribution in [2.24, 2.45) is 0 Å². The molecule has 1 heterocycles. The molecule has 0 aliphatic heterocycles. The summed E-state index contributed by atoms with van der Waals surface area (Å²) in [5.74, 6) is -1.01. The van der Waals surface area contributed by atoms with Crippen molar-refractivity contribution < 1.29 is 13.6 Å². The largest absolute Gasteiger partial charge is 0.323 e. The number of carbonyl (C=O) groups is 1. The van der Waals surface area contributed by atoms with E-state index in [4.69, 9.17) is 0 Å². The van der Waals surface area contributed by atoms with Gasteiger partial charge >= 0.3 is 0 Å². The van der Waals surface area contributed by atoms with Gasteiger partial charge in [-0.1, -0.05) is 12.1 Å². The smallest absolute Gasteiger partial charge is 0.234 e. The molecule has 3 nitrogen and oxygen atoms in total. The number of thiazole rings is 1. The number of hydrogen-bond donors (Lipinski definition) is 1. The van der Waals surface area contributed by atoms with E-state index in [1.165, 1.54) is 17.8 Å². The van der Waals surface area contributed by atoms with Gasteiger partial charge in [0, 0.05) is 11.8 Å². The van der Waals surface area contributed by atoms with Crippen LogP contribution in [0.25, 0.3) is 10.2 Å². The predicted molar refractivity (Wildman–Crippen MR) is 90.8 cm³/mol. The number of halogens is 2. The number of thioether (sulfide) groups is 1. The van der Waals surface area contributed by atoms with Gasteiger partial charge in [0.25, 0.3) is 0 Å². The first kappa shape index (κ1) is 15.9. The van der Waals surface area contributed by atoms with E-state index < -0.39 is 11.6 Å². The van der Waals surface area contributed by atoms with Gasteiger partial charge in [0.2, 0.25) is 5.91 Å². The van der Waals surface area contributed by atoms with E-state index in [1.807, 2.05) is 24.3 Å². The quantitative estimate of drug-likeness (QED) is 0.739. The van der Waals surface area contributed by atoms with Crippen molar-refractivity contribution >= 4 is 44.9 Å². The van der Waals surface area contributed by atoms with E-state index in [-0.39, 0.29) is 17.3 Å². The molecule has 3 rings (SSSR count). The second kappa shape index (κ2) is 7.06. The summed E-state index contributed by atoms with van der Waals surface area (Å²) in [6, 6.07) is 10.9. The van der Waals surface area contributed by atoms with Crippen molar-refractivity contribution in [1.82, 2.24) is 4.98 Å². The van der Waals surface area contributed by atoms with E-state index in [1.54, 1.807) is 11.3 Å². The highest BCUT2D eigenvalue weighted by Crippen LogP contribution is 2.25. The number of rotatable bonds is 5. The van der Waals surface area contributed by atoms with Crippen molar-refractivity contribution in [3.8, 4) is 0 Å². The summed E-state index contributed by atoms with van der Waals surface area (Å²) in [6.07, 6.45) is 0. The van der Waals surface area contributed by atoms with Gasteiger partial charge in [-0.05, 0) is 24.3 Å². The van der Waals surface area contributed by atoms with Crippen LogP contribution in [0.1, 0.15) is 5.01 Å². The maximum atomic E-state index is 13.4. The van der Waals surface area contributed by atoms with Crippen molar-refractivity contribution in [1.29, 1.82) is 0 Å². The zero-order valence-corrected chi connectivity index (χ0v) is 13.5. The molecular weight excluding hydrogens is 338 g/mol. The van der Waals surface area contributed by atoms with Crippen molar-refractivity contribution in [2.45, 2.75) is 5.75 Å². The fourth-order valence-electron chi connectivity index (χ4n) is 1.99. The van der Waals surface area contributed by atoms with Crippen LogP contribution >= 0.6 is 23.1 Å². The van der Waals surface area contributed by atoms with Crippen LogP contribution in [-0.4, -0.2) is 16.6 Å². The van der Waals surface area contributed by atoms with Gasteiger partial charge in [0.15, 0.2) is 0 Å². The van der Waals surface area contributed by atoms with Gasteiger partial charge in [0.05, 0.1) is 21.7 Å². The number of carbonyl (C=O) groups excluding carboxylic acids is 1. The monoisotopic (exact) mass is 350 g/mol. The average molecular weight is 350 g/mol. The highest BCUT2D eigenvalue weighted by Gasteiger charge is 2.09. The molecule has 0 aliphatic carbocycles. The molecule has 0 spiro atoms. The highest BCUT2D eigenvalue weighted by atomic mass is 32.2. The molecule has 0 unspecified atom stereocenters. The SMILES string of the molecule is O=C(CSCc1nc2ccccc2s1)Nc1ccc(F)cc1F. The molecule has 0 atom stereocenters. The Morgan fingerprint density at radius 3 is 2.83 bits per heavy atom. The van der Waals surface area contributed by atoms with Crippen LogP contribution < -0.4 is 5.32 Å². The van der Waals surface area contributed by atoms with Crippen LogP contribution in [0.2, 0.25) is 0 Å². The molecule has 23 heavy (non-hydrogen) atoms. The van der Waals surface area contributed by atoms with E-state index in [9.17, 15) is 13.6 Å². The number of anilines is 1. The zero-order valence-electron chi connectivity index (χ0n) is 11.9. The average Bonchev–Trinajstić information content (AvgIpc) is 2.93. The Labute approximate surface area is 139 Å². The number of hydrogen-bond acceptors (Lipinski definition) is 4. The van der Waals surface area contributed by atoms with Gasteiger partial charge in [-0.15, -0.1) is 23.1 Å². The number of nitrogens with one attached hydrogen (secondary N) is 1. The maximum absolute atomic E-state index is 13.4. The molecule has 3 aromatic rings. The minimum atomic E-state index is -0.783. The van der Waals surface area contributed by atoms with Crippen LogP contribution in [-0.2, 0) is 10.5 Å². The van der Waals surface area contributed by atoms with Crippen molar-refractivity contribution in [2.75, 3.05) is 11.1 Å². The Balaban J connectivity index is 1.52. The number of para-hydroxylation sites is 1. The van der Waals surface area contributed by atoms with Crippen LogP contribution in [0.3, 0.4) is 0 Å². The fourth-order valence-corrected chi connectivity index (χ4v) is 3.84. The molecule has 1 N–H and O–H groups in total. The van der Waals surface area contributed by atoms with Gasteiger partial charge in [-0.3, -0.25) is 4.79 Å². The summed E-state index contributed by atoms with van der Waals surface area (Å²) in [7, 11) is 0. The molecule has 0 saturated carbocycles. The number of nitrogens with zero attached hydrogens (tertiary/aromatic N) is 1. The lowest BCUT2D eigenvalue weighted by atomic mass is 10.3. The summed E-state index contributed by atoms with van der Waals surface area (Å²) in [6.45, 7) is 0. The summed E-state index contributed by atoms with van der Waals surface area (Å²) < 4.78 is 27.4. The van der Waals surface area contributed by atoms with E-state index in [0.717, 1.165) is 27.4 Å². The summed E-state index contributed by atoms with van der Waals surface area (Å²) in [5.41, 5.74) is 0.933. The first-order valence-electron chi connectivity index (χ1n) is 6.79. The Morgan fingerprint density at radius 1 is 1.22 bits per heavy atom. The lowest BCUT2D eigenvalue weighted by Gasteiger charge is -2.05. The van der Waals surface area contributed by atoms with Gasteiger partial charge in [-0.25, -0.2) is 13.8 Å². The van der Waals surface area contributed by atoms with Crippen LogP contribution in [0.5, 0.6) is 0 Å². The van der Waals surface area contributed by atoms with Crippen molar-refractivity contribution in [3.05, 3.63) is 59.1 Å². The Morgan fingerprint density at radius 2 is 2.04 bits per heavy atom. The zero-order chi connectivity index (χ0) is 16.2. The number of amides is 1. The summed E-state index contributed by atoms with van der Waals surface area (Å²) >= 11 is 2.99. The third-order valence-electron chi connectivity index (χ3n) is 3.00. The fraction of sp³-hybridized carbons (Fsp3) is 0.125. The van der Waals surface area contributed by atoms with Crippen LogP contribution in [0.4, 0.5) is 14.5 Å². The first-order chi connectivity index (χ1) is 11.1. The van der Waals surface area contributed by atoms with Gasteiger partial charge in [-0.2, -0.15) is 0 Å². The maximum Gasteiger partial charge on any atom is 0.234 e. The summed E-state index contributed by atoms with van der Waals surface area (Å²) in [5, 5.41) is 3.37. The summed E-state index contributed by atoms with van der Waals surface area (Å²) in [4.78, 5) is 16.3. The van der Waals surface area contributed by atoms with Crippen LogP contribution in [0, 0.1) is 11.6 Å². The lowest BCUT2D eigenvalue weighted by molar-refractivity contribution is -0.113. The molecule has 0 aliphatic rings. The standard InChI is InChI=1S/C16H12F2N2OS2/c17-10-5-6-12(11(18)7-10)19-15(21)8-22-9-16-20-13-3-1-2-4-14(13)23-16/h1-7H,8-9H2,(H,19,21). The Kier molecular flexibility index (Phi) is 4.88. The van der Waals surface area contributed by atoms with Crippen molar-refractivity contribution in [3.63, 3.8) is 0 Å². The molecule has 118 valence electrons. The predicted octanol–water partition coefficient (Wildman–Crippen LogP) is 4.45. The van der Waals surface area contributed by atoms with Gasteiger partial charge < -0.3 is 5.32 Å². The third-order valence-corrected chi connectivity index (χ3v) is 5.17. The third kappa shape index (κ3) is 4.05. The molecular formula is C16H12F2N2OS2. The topological polar surface area (TPSA) is 42.0 Å². The van der Waals surface area contributed by atoms with Crippen LogP contribution in [0.15, 0.2) is 42.5 Å². The molecule has 0 fully saturated rings.